The molecule has 0 spiro atoms. The predicted octanol–water partition coefficient (Wildman–Crippen LogP) is 2.37. The van der Waals surface area contributed by atoms with Gasteiger partial charge in [0, 0.05) is 0 Å². The van der Waals surface area contributed by atoms with Gasteiger partial charge in [-0.1, -0.05) is 20.8 Å². The second kappa shape index (κ2) is 8.26. The van der Waals surface area contributed by atoms with E-state index in [2.05, 4.69) is 26.1 Å². The molecular weight excluding hydrogens is 194 g/mol. The third-order valence-corrected chi connectivity index (χ3v) is 0.729. The summed E-state index contributed by atoms with van der Waals surface area (Å²) >= 11 is 0. The van der Waals surface area contributed by atoms with Gasteiger partial charge in [-0.3, -0.25) is 0 Å². The zero-order chi connectivity index (χ0) is 12.5. The number of aldehydes is 1. The lowest BCUT2D eigenvalue weighted by Gasteiger charge is -2.18. The van der Waals surface area contributed by atoms with Gasteiger partial charge in [-0.15, -0.1) is 0 Å². The maximum absolute atomic E-state index is 10.7. The molecule has 1 N–H and O–H groups in total. The van der Waals surface area contributed by atoms with Crippen LogP contribution in [0.5, 0.6) is 0 Å². The summed E-state index contributed by atoms with van der Waals surface area (Å²) in [6, 6.07) is 0. The molecule has 0 bridgehead atoms. The smallest absolute Gasteiger partial charge is 0.408 e. The van der Waals surface area contributed by atoms with E-state index in [0.29, 0.717) is 6.29 Å². The summed E-state index contributed by atoms with van der Waals surface area (Å²) in [5, 5.41) is 2.26. The van der Waals surface area contributed by atoms with Crippen molar-refractivity contribution in [2.24, 2.45) is 5.92 Å². The van der Waals surface area contributed by atoms with Crippen LogP contribution < -0.4 is 5.32 Å². The Morgan fingerprint density at radius 1 is 1.33 bits per heavy atom. The minimum absolute atomic E-state index is 0.00505. The van der Waals surface area contributed by atoms with Gasteiger partial charge in [-0.25, -0.2) is 4.79 Å². The van der Waals surface area contributed by atoms with Gasteiger partial charge in [-0.05, 0) is 26.7 Å². The van der Waals surface area contributed by atoms with Crippen molar-refractivity contribution in [3.63, 3.8) is 0 Å². The Labute approximate surface area is 92.4 Å². The lowest BCUT2D eigenvalue weighted by Crippen LogP contribution is -2.33. The molecule has 0 aromatic rings. The zero-order valence-electron chi connectivity index (χ0n) is 10.6. The van der Waals surface area contributed by atoms with Crippen molar-refractivity contribution < 1.29 is 14.3 Å². The molecule has 0 aromatic heterocycles. The van der Waals surface area contributed by atoms with E-state index in [9.17, 15) is 9.59 Å². The maximum atomic E-state index is 10.7. The summed E-state index contributed by atoms with van der Waals surface area (Å²) in [7, 11) is 0. The highest BCUT2D eigenvalue weighted by atomic mass is 16.6. The fraction of sp³-hybridized carbons (Fsp3) is 0.818. The summed E-state index contributed by atoms with van der Waals surface area (Å²) in [5.74, 6) is 0.833. The molecule has 4 nitrogen and oxygen atoms in total. The van der Waals surface area contributed by atoms with Crippen LogP contribution in [0.4, 0.5) is 4.79 Å². The van der Waals surface area contributed by atoms with Gasteiger partial charge < -0.3 is 14.8 Å². The second-order valence-electron chi connectivity index (χ2n) is 4.78. The standard InChI is InChI=1S/C7H13NO3.C4H10/c1-7(2,3)11-6(10)8-4-5-9;1-4(2)3/h5H,4H2,1-3H3,(H,8,10);4H,1-3H3. The Kier molecular flexibility index (Phi) is 9.02. The molecule has 0 aliphatic heterocycles. The predicted molar refractivity (Wildman–Crippen MR) is 60.8 cm³/mol. The quantitative estimate of drug-likeness (QED) is 0.722. The fourth-order valence-electron chi connectivity index (χ4n) is 0.439. The van der Waals surface area contributed by atoms with Gasteiger partial charge in [0.2, 0.25) is 0 Å². The summed E-state index contributed by atoms with van der Waals surface area (Å²) < 4.78 is 4.83. The Bertz CT molecular complexity index is 180. The third kappa shape index (κ3) is 24.6. The number of hydrogen-bond donors (Lipinski definition) is 1. The van der Waals surface area contributed by atoms with E-state index in [1.165, 1.54) is 0 Å². The van der Waals surface area contributed by atoms with Gasteiger partial charge in [0.25, 0.3) is 0 Å². The van der Waals surface area contributed by atoms with Crippen LogP contribution in [0.3, 0.4) is 0 Å². The van der Waals surface area contributed by atoms with Crippen molar-refractivity contribution in [2.45, 2.75) is 47.1 Å². The Morgan fingerprint density at radius 2 is 1.73 bits per heavy atom. The van der Waals surface area contributed by atoms with E-state index in [4.69, 9.17) is 4.74 Å². The van der Waals surface area contributed by atoms with Crippen LogP contribution in [0.2, 0.25) is 0 Å². The van der Waals surface area contributed by atoms with Gasteiger partial charge in [0.05, 0.1) is 6.54 Å². The third-order valence-electron chi connectivity index (χ3n) is 0.729. The molecule has 90 valence electrons. The summed E-state index contributed by atoms with van der Waals surface area (Å²) in [4.78, 5) is 20.5. The second-order valence-corrected chi connectivity index (χ2v) is 4.78. The van der Waals surface area contributed by atoms with E-state index in [0.717, 1.165) is 5.92 Å². The SMILES string of the molecule is CC(C)(C)OC(=O)NCC=O.CC(C)C. The first-order valence-corrected chi connectivity index (χ1v) is 5.09. The molecular formula is C11H23NO3. The molecule has 15 heavy (non-hydrogen) atoms. The minimum atomic E-state index is -0.565. The topological polar surface area (TPSA) is 55.4 Å². The molecule has 0 atom stereocenters. The van der Waals surface area contributed by atoms with Gasteiger partial charge in [-0.2, -0.15) is 0 Å². The van der Waals surface area contributed by atoms with Crippen molar-refractivity contribution in [1.82, 2.24) is 5.32 Å². The van der Waals surface area contributed by atoms with Crippen LogP contribution in [-0.4, -0.2) is 24.5 Å². The highest BCUT2D eigenvalue weighted by molar-refractivity contribution is 5.71. The number of alkyl carbamates (subject to hydrolysis) is 1. The molecule has 0 rings (SSSR count). The average molecular weight is 217 g/mol. The zero-order valence-corrected chi connectivity index (χ0v) is 10.6. The van der Waals surface area contributed by atoms with Gasteiger partial charge >= 0.3 is 6.09 Å². The number of carbonyl (C=O) groups is 2. The first-order chi connectivity index (χ1) is 6.69. The molecule has 4 heteroatoms. The molecule has 0 saturated carbocycles. The van der Waals surface area contributed by atoms with Crippen LogP contribution in [0, 0.1) is 5.92 Å². The Morgan fingerprint density at radius 3 is 2.00 bits per heavy atom. The van der Waals surface area contributed by atoms with Crippen LogP contribution in [-0.2, 0) is 9.53 Å². The molecule has 0 aromatic carbocycles. The minimum Gasteiger partial charge on any atom is -0.444 e. The highest BCUT2D eigenvalue weighted by Gasteiger charge is 2.14. The van der Waals surface area contributed by atoms with Crippen molar-refractivity contribution in [2.75, 3.05) is 6.54 Å². The number of nitrogens with one attached hydrogen (secondary N) is 1. The highest BCUT2D eigenvalue weighted by Crippen LogP contribution is 2.05. The molecule has 0 aliphatic carbocycles. The summed E-state index contributed by atoms with van der Waals surface area (Å²) in [6.07, 6.45) is 0.0359. The molecule has 0 saturated heterocycles. The first-order valence-electron chi connectivity index (χ1n) is 5.09. The average Bonchev–Trinajstić information content (AvgIpc) is 1.96. The normalized spacial score (nSPS) is 10.1. The van der Waals surface area contributed by atoms with Crippen LogP contribution >= 0.6 is 0 Å². The van der Waals surface area contributed by atoms with Crippen molar-refractivity contribution in [3.8, 4) is 0 Å². The molecule has 0 aliphatic rings. The molecule has 1 amide bonds. The van der Waals surface area contributed by atoms with E-state index in [-0.39, 0.29) is 6.54 Å². The van der Waals surface area contributed by atoms with Crippen LogP contribution in [0.1, 0.15) is 41.5 Å². The van der Waals surface area contributed by atoms with Crippen molar-refractivity contribution >= 4 is 12.4 Å². The number of rotatable bonds is 2. The van der Waals surface area contributed by atoms with Crippen LogP contribution in [0.25, 0.3) is 0 Å². The van der Waals surface area contributed by atoms with Crippen molar-refractivity contribution in [1.29, 1.82) is 0 Å². The van der Waals surface area contributed by atoms with Gasteiger partial charge in [0.15, 0.2) is 0 Å². The van der Waals surface area contributed by atoms with E-state index >= 15 is 0 Å². The first kappa shape index (κ1) is 16.4. The molecule has 0 unspecified atom stereocenters. The Hall–Kier alpha value is -1.06. The largest absolute Gasteiger partial charge is 0.444 e. The number of ether oxygens (including phenoxy) is 1. The number of hydrogen-bond acceptors (Lipinski definition) is 3. The number of amides is 1. The summed E-state index contributed by atoms with van der Waals surface area (Å²) in [5.41, 5.74) is -0.507. The fourth-order valence-corrected chi connectivity index (χ4v) is 0.439. The summed E-state index contributed by atoms with van der Waals surface area (Å²) in [6.45, 7) is 11.8. The lowest BCUT2D eigenvalue weighted by molar-refractivity contribution is -0.107. The number of carbonyl (C=O) groups excluding carboxylic acids is 2. The molecule has 0 radical (unpaired) electrons. The monoisotopic (exact) mass is 217 g/mol. The van der Waals surface area contributed by atoms with Crippen LogP contribution in [0.15, 0.2) is 0 Å². The maximum Gasteiger partial charge on any atom is 0.408 e. The van der Waals surface area contributed by atoms with E-state index in [1.807, 2.05) is 0 Å². The van der Waals surface area contributed by atoms with Gasteiger partial charge in [0.1, 0.15) is 11.9 Å². The molecule has 0 fully saturated rings. The Balaban J connectivity index is 0. The van der Waals surface area contributed by atoms with E-state index in [1.54, 1.807) is 20.8 Å². The van der Waals surface area contributed by atoms with E-state index < -0.39 is 11.7 Å². The lowest BCUT2D eigenvalue weighted by atomic mass is 10.2. The molecule has 0 heterocycles. The van der Waals surface area contributed by atoms with Crippen molar-refractivity contribution in [3.05, 3.63) is 0 Å².